The minimum Gasteiger partial charge on any atom is -0.381 e. The molecule has 0 amide bonds. The van der Waals surface area contributed by atoms with Crippen LogP contribution in [0.3, 0.4) is 0 Å². The Hall–Kier alpha value is -0.120. The molecule has 17 heavy (non-hydrogen) atoms. The molecule has 0 aromatic carbocycles. The van der Waals surface area contributed by atoms with Gasteiger partial charge in [0.1, 0.15) is 0 Å². The van der Waals surface area contributed by atoms with Gasteiger partial charge in [0.2, 0.25) is 0 Å². The van der Waals surface area contributed by atoms with Crippen molar-refractivity contribution in [3.05, 3.63) is 0 Å². The van der Waals surface area contributed by atoms with Gasteiger partial charge < -0.3 is 15.2 Å². The molecule has 2 aliphatic rings. The van der Waals surface area contributed by atoms with Crippen LogP contribution in [-0.4, -0.2) is 32.5 Å². The van der Waals surface area contributed by atoms with Crippen molar-refractivity contribution in [1.82, 2.24) is 0 Å². The monoisotopic (exact) mass is 241 g/mol. The van der Waals surface area contributed by atoms with Crippen molar-refractivity contribution in [3.8, 4) is 0 Å². The zero-order chi connectivity index (χ0) is 12.3. The average Bonchev–Trinajstić information content (AvgIpc) is 3.06. The first kappa shape index (κ1) is 13.3. The third-order valence-electron chi connectivity index (χ3n) is 4.15. The number of nitrogens with two attached hydrogens (primary N) is 1. The van der Waals surface area contributed by atoms with Crippen molar-refractivity contribution < 1.29 is 9.47 Å². The van der Waals surface area contributed by atoms with E-state index in [1.807, 2.05) is 0 Å². The molecule has 0 radical (unpaired) electrons. The highest BCUT2D eigenvalue weighted by Crippen LogP contribution is 2.49. The van der Waals surface area contributed by atoms with Gasteiger partial charge >= 0.3 is 0 Å². The largest absolute Gasteiger partial charge is 0.381 e. The third kappa shape index (κ3) is 3.21. The fourth-order valence-corrected chi connectivity index (χ4v) is 2.93. The molecule has 1 saturated carbocycles. The van der Waals surface area contributed by atoms with E-state index in [2.05, 4.69) is 13.8 Å². The minimum atomic E-state index is 0.206. The van der Waals surface area contributed by atoms with Gasteiger partial charge in [0.25, 0.3) is 0 Å². The Bertz CT molecular complexity index is 240. The van der Waals surface area contributed by atoms with Crippen molar-refractivity contribution in [2.75, 3.05) is 26.4 Å². The van der Waals surface area contributed by atoms with Gasteiger partial charge in [0.05, 0.1) is 6.10 Å². The molecule has 100 valence electrons. The molecule has 0 bridgehead atoms. The minimum absolute atomic E-state index is 0.206. The fraction of sp³-hybridized carbons (Fsp3) is 1.00. The van der Waals surface area contributed by atoms with E-state index in [4.69, 9.17) is 15.2 Å². The van der Waals surface area contributed by atoms with Gasteiger partial charge in [0, 0.05) is 31.8 Å². The Morgan fingerprint density at radius 1 is 1.41 bits per heavy atom. The maximum Gasteiger partial charge on any atom is 0.0673 e. The van der Waals surface area contributed by atoms with E-state index in [-0.39, 0.29) is 5.41 Å². The number of rotatable bonds is 7. The van der Waals surface area contributed by atoms with Gasteiger partial charge in [-0.3, -0.25) is 0 Å². The molecule has 3 heteroatoms. The van der Waals surface area contributed by atoms with E-state index in [1.165, 1.54) is 12.8 Å². The molecule has 1 aliphatic carbocycles. The molecule has 2 fully saturated rings. The standard InChI is InChI=1S/C14H27NO2/c1-11(2)9-16-7-5-14(10-15)6-8-17-13(14)12-3-4-12/h11-13H,3-10,15H2,1-2H3. The molecule has 2 atom stereocenters. The predicted octanol–water partition coefficient (Wildman–Crippen LogP) is 2.19. The molecule has 0 aromatic rings. The highest BCUT2D eigenvalue weighted by Gasteiger charge is 2.49. The Morgan fingerprint density at radius 2 is 2.18 bits per heavy atom. The summed E-state index contributed by atoms with van der Waals surface area (Å²) in [5, 5.41) is 0. The summed E-state index contributed by atoms with van der Waals surface area (Å²) in [4.78, 5) is 0. The summed E-state index contributed by atoms with van der Waals surface area (Å²) in [6.45, 7) is 7.70. The smallest absolute Gasteiger partial charge is 0.0673 e. The highest BCUT2D eigenvalue weighted by atomic mass is 16.5. The second-order valence-corrected chi connectivity index (χ2v) is 6.16. The maximum absolute atomic E-state index is 6.03. The van der Waals surface area contributed by atoms with Crippen molar-refractivity contribution in [2.45, 2.75) is 45.6 Å². The molecule has 1 aliphatic heterocycles. The van der Waals surface area contributed by atoms with Crippen LogP contribution in [0.15, 0.2) is 0 Å². The van der Waals surface area contributed by atoms with Gasteiger partial charge in [-0.05, 0) is 37.5 Å². The van der Waals surface area contributed by atoms with Crippen LogP contribution in [0.1, 0.15) is 39.5 Å². The first-order chi connectivity index (χ1) is 8.18. The lowest BCUT2D eigenvalue weighted by Gasteiger charge is -2.33. The average molecular weight is 241 g/mol. The summed E-state index contributed by atoms with van der Waals surface area (Å²) < 4.78 is 11.6. The van der Waals surface area contributed by atoms with Gasteiger partial charge in [-0.25, -0.2) is 0 Å². The van der Waals surface area contributed by atoms with E-state index in [0.717, 1.165) is 45.1 Å². The quantitative estimate of drug-likeness (QED) is 0.695. The van der Waals surface area contributed by atoms with Crippen LogP contribution < -0.4 is 5.73 Å². The number of hydrogen-bond donors (Lipinski definition) is 1. The van der Waals surface area contributed by atoms with Crippen LogP contribution in [0, 0.1) is 17.3 Å². The molecule has 1 heterocycles. The molecule has 3 nitrogen and oxygen atoms in total. The van der Waals surface area contributed by atoms with Crippen LogP contribution in [0.25, 0.3) is 0 Å². The van der Waals surface area contributed by atoms with Crippen molar-refractivity contribution in [3.63, 3.8) is 0 Å². The molecule has 2 N–H and O–H groups in total. The Labute approximate surface area is 105 Å². The normalized spacial score (nSPS) is 33.5. The van der Waals surface area contributed by atoms with Gasteiger partial charge in [-0.15, -0.1) is 0 Å². The molecule has 2 rings (SSSR count). The molecular weight excluding hydrogens is 214 g/mol. The Morgan fingerprint density at radius 3 is 2.76 bits per heavy atom. The van der Waals surface area contributed by atoms with Crippen molar-refractivity contribution >= 4 is 0 Å². The highest BCUT2D eigenvalue weighted by molar-refractivity contribution is 4.99. The molecule has 0 aromatic heterocycles. The van der Waals surface area contributed by atoms with Crippen LogP contribution in [0.2, 0.25) is 0 Å². The molecule has 1 saturated heterocycles. The fourth-order valence-electron chi connectivity index (χ4n) is 2.93. The zero-order valence-electron chi connectivity index (χ0n) is 11.3. The van der Waals surface area contributed by atoms with Crippen LogP contribution in [0.4, 0.5) is 0 Å². The Kier molecular flexibility index (Phi) is 4.45. The van der Waals surface area contributed by atoms with E-state index < -0.39 is 0 Å². The summed E-state index contributed by atoms with van der Waals surface area (Å²) in [6.07, 6.45) is 5.26. The van der Waals surface area contributed by atoms with E-state index in [0.29, 0.717) is 12.0 Å². The SMILES string of the molecule is CC(C)COCCC1(CN)CCOC1C1CC1. The lowest BCUT2D eigenvalue weighted by atomic mass is 9.76. The number of ether oxygens (including phenoxy) is 2. The van der Waals surface area contributed by atoms with Gasteiger partial charge in [-0.2, -0.15) is 0 Å². The summed E-state index contributed by atoms with van der Waals surface area (Å²) in [5.74, 6) is 1.40. The number of hydrogen-bond acceptors (Lipinski definition) is 3. The van der Waals surface area contributed by atoms with Gasteiger partial charge in [0.15, 0.2) is 0 Å². The topological polar surface area (TPSA) is 44.5 Å². The summed E-state index contributed by atoms with van der Waals surface area (Å²) in [6, 6.07) is 0. The van der Waals surface area contributed by atoms with Crippen LogP contribution >= 0.6 is 0 Å². The lowest BCUT2D eigenvalue weighted by Crippen LogP contribution is -2.40. The van der Waals surface area contributed by atoms with E-state index >= 15 is 0 Å². The van der Waals surface area contributed by atoms with Gasteiger partial charge in [-0.1, -0.05) is 13.8 Å². The van der Waals surface area contributed by atoms with E-state index in [1.54, 1.807) is 0 Å². The first-order valence-electron chi connectivity index (χ1n) is 7.07. The third-order valence-corrected chi connectivity index (χ3v) is 4.15. The van der Waals surface area contributed by atoms with Crippen molar-refractivity contribution in [1.29, 1.82) is 0 Å². The zero-order valence-corrected chi connectivity index (χ0v) is 11.3. The molecular formula is C14H27NO2. The predicted molar refractivity (Wildman–Crippen MR) is 68.8 cm³/mol. The van der Waals surface area contributed by atoms with Crippen molar-refractivity contribution in [2.24, 2.45) is 23.0 Å². The summed E-state index contributed by atoms with van der Waals surface area (Å²) in [7, 11) is 0. The summed E-state index contributed by atoms with van der Waals surface area (Å²) in [5.41, 5.74) is 6.24. The Balaban J connectivity index is 1.81. The molecule has 2 unspecified atom stereocenters. The maximum atomic E-state index is 6.03. The lowest BCUT2D eigenvalue weighted by molar-refractivity contribution is 0.00945. The van der Waals surface area contributed by atoms with Crippen LogP contribution in [-0.2, 0) is 9.47 Å². The second kappa shape index (κ2) is 5.68. The summed E-state index contributed by atoms with van der Waals surface area (Å²) >= 11 is 0. The molecule has 0 spiro atoms. The van der Waals surface area contributed by atoms with E-state index in [9.17, 15) is 0 Å². The van der Waals surface area contributed by atoms with Crippen LogP contribution in [0.5, 0.6) is 0 Å². The second-order valence-electron chi connectivity index (χ2n) is 6.16. The first-order valence-corrected chi connectivity index (χ1v) is 7.07.